The van der Waals surface area contributed by atoms with Crippen LogP contribution >= 0.6 is 0 Å². The van der Waals surface area contributed by atoms with E-state index < -0.39 is 33.5 Å². The molecule has 0 saturated carbocycles. The first-order chi connectivity index (χ1) is 10.2. The lowest BCUT2D eigenvalue weighted by Gasteiger charge is -2.29. The Morgan fingerprint density at radius 2 is 1.91 bits per heavy atom. The molecule has 0 spiro atoms. The van der Waals surface area contributed by atoms with E-state index in [1.807, 2.05) is 13.8 Å². The van der Waals surface area contributed by atoms with E-state index in [1.54, 1.807) is 12.2 Å². The summed E-state index contributed by atoms with van der Waals surface area (Å²) < 4.78 is 5.70. The highest BCUT2D eigenvalue weighted by Gasteiger charge is 2.43. The van der Waals surface area contributed by atoms with Crippen LogP contribution in [0.2, 0.25) is 0 Å². The number of aliphatic hydroxyl groups is 1. The highest BCUT2D eigenvalue weighted by molar-refractivity contribution is 6.52. The predicted molar refractivity (Wildman–Crippen MR) is 76.1 cm³/mol. The van der Waals surface area contributed by atoms with Gasteiger partial charge in [-0.1, -0.05) is 6.08 Å². The third kappa shape index (κ3) is 1.82. The molecule has 1 aromatic rings. The van der Waals surface area contributed by atoms with Crippen molar-refractivity contribution in [3.63, 3.8) is 0 Å². The van der Waals surface area contributed by atoms with Gasteiger partial charge in [-0.2, -0.15) is 0 Å². The molecule has 0 saturated heterocycles. The average molecular weight is 301 g/mol. The van der Waals surface area contributed by atoms with Crippen LogP contribution in [0.5, 0.6) is 5.75 Å². The highest BCUT2D eigenvalue weighted by atomic mass is 16.6. The van der Waals surface area contributed by atoms with E-state index in [0.717, 1.165) is 0 Å². The number of aliphatic hydroxyl groups excluding tert-OH is 1. The van der Waals surface area contributed by atoms with Gasteiger partial charge < -0.3 is 9.84 Å². The molecule has 0 radical (unpaired) electrons. The summed E-state index contributed by atoms with van der Waals surface area (Å²) in [5, 5.41) is 20.9. The fourth-order valence-corrected chi connectivity index (χ4v) is 2.52. The molecular formula is C15H11NO6. The number of Topliss-reactive ketones (excluding diaryl/α,β-unsaturated/α-hetero) is 2. The fourth-order valence-electron chi connectivity index (χ4n) is 2.52. The van der Waals surface area contributed by atoms with Crippen molar-refractivity contribution in [2.45, 2.75) is 19.4 Å². The van der Waals surface area contributed by atoms with E-state index >= 15 is 0 Å². The number of hydrogen-bond acceptors (Lipinski definition) is 6. The van der Waals surface area contributed by atoms with E-state index in [2.05, 4.69) is 0 Å². The number of carbonyl (C=O) groups excluding carboxylic acids is 2. The maximum Gasteiger partial charge on any atom is 0.362 e. The maximum absolute atomic E-state index is 12.2. The molecule has 2 aliphatic rings. The Morgan fingerprint density at radius 3 is 2.55 bits per heavy atom. The van der Waals surface area contributed by atoms with Crippen molar-refractivity contribution in [3.8, 4) is 5.75 Å². The molecule has 0 aromatic heterocycles. The number of ether oxygens (including phenoxy) is 1. The van der Waals surface area contributed by atoms with E-state index in [9.17, 15) is 24.8 Å². The Labute approximate surface area is 124 Å². The molecule has 1 N–H and O–H groups in total. The molecule has 0 atom stereocenters. The monoisotopic (exact) mass is 301 g/mol. The minimum atomic E-state index is -1.33. The summed E-state index contributed by atoms with van der Waals surface area (Å²) in [5.41, 5.74) is -1.45. The number of nitrogens with zero attached hydrogens (tertiary/aromatic N) is 1. The zero-order valence-electron chi connectivity index (χ0n) is 11.7. The molecule has 0 fully saturated rings. The molecular weight excluding hydrogens is 290 g/mol. The molecule has 22 heavy (non-hydrogen) atoms. The summed E-state index contributed by atoms with van der Waals surface area (Å²) in [6.07, 6.45) is 3.32. The second kappa shape index (κ2) is 4.27. The number of nitro groups is 1. The normalized spacial score (nSPS) is 18.6. The van der Waals surface area contributed by atoms with Gasteiger partial charge in [-0.25, -0.2) is 0 Å². The van der Waals surface area contributed by atoms with Crippen LogP contribution in [0.4, 0.5) is 0 Å². The van der Waals surface area contributed by atoms with Crippen molar-refractivity contribution in [2.75, 3.05) is 0 Å². The molecule has 7 heteroatoms. The molecule has 1 aliphatic heterocycles. The summed E-state index contributed by atoms with van der Waals surface area (Å²) >= 11 is 0. The van der Waals surface area contributed by atoms with Gasteiger partial charge in [0.2, 0.25) is 11.5 Å². The maximum atomic E-state index is 12.2. The van der Waals surface area contributed by atoms with E-state index in [1.165, 1.54) is 12.1 Å². The van der Waals surface area contributed by atoms with Crippen molar-refractivity contribution < 1.29 is 24.4 Å². The topological polar surface area (TPSA) is 107 Å². The van der Waals surface area contributed by atoms with Gasteiger partial charge in [0, 0.05) is 16.7 Å². The van der Waals surface area contributed by atoms with Crippen molar-refractivity contribution in [2.24, 2.45) is 0 Å². The Bertz CT molecular complexity index is 816. The lowest BCUT2D eigenvalue weighted by atomic mass is 9.86. The van der Waals surface area contributed by atoms with Gasteiger partial charge in [0.05, 0.1) is 4.92 Å². The Balaban J connectivity index is 2.31. The molecule has 0 bridgehead atoms. The molecule has 1 aromatic carbocycles. The number of rotatable bonds is 1. The highest BCUT2D eigenvalue weighted by Crippen LogP contribution is 2.39. The largest absolute Gasteiger partial charge is 0.502 e. The van der Waals surface area contributed by atoms with Crippen LogP contribution in [0.1, 0.15) is 35.3 Å². The molecule has 3 rings (SSSR count). The Hall–Kier alpha value is -2.96. The molecule has 0 amide bonds. The summed E-state index contributed by atoms with van der Waals surface area (Å²) in [4.78, 5) is 33.9. The smallest absolute Gasteiger partial charge is 0.362 e. The van der Waals surface area contributed by atoms with Crippen molar-refractivity contribution in [3.05, 3.63) is 50.7 Å². The van der Waals surface area contributed by atoms with Crippen LogP contribution in [0.25, 0.3) is 11.8 Å². The Morgan fingerprint density at radius 1 is 1.23 bits per heavy atom. The SMILES string of the molecule is CC1(C)C=Cc2c(ccc3c2C(=O)C(=O)C([N+](=O)[O-])=C3O)O1. The van der Waals surface area contributed by atoms with Crippen LogP contribution in [-0.2, 0) is 4.79 Å². The number of hydrogen-bond donors (Lipinski definition) is 1. The quantitative estimate of drug-likeness (QED) is 0.484. The van der Waals surface area contributed by atoms with Gasteiger partial charge in [-0.15, -0.1) is 0 Å². The molecule has 1 aliphatic carbocycles. The van der Waals surface area contributed by atoms with Gasteiger partial charge in [-0.05, 0) is 32.1 Å². The fraction of sp³-hybridized carbons (Fsp3) is 0.200. The first-order valence-electron chi connectivity index (χ1n) is 6.45. The standard InChI is InChI=1S/C15H11NO6/c1-15(2)6-5-7-9(22-15)4-3-8-10(7)13(18)14(19)11(12(8)17)16(20)21/h3-6,17H,1-2H3. The third-order valence-corrected chi connectivity index (χ3v) is 3.54. The number of carbonyl (C=O) groups is 2. The second-order valence-electron chi connectivity index (χ2n) is 5.55. The van der Waals surface area contributed by atoms with Gasteiger partial charge in [0.1, 0.15) is 11.4 Å². The van der Waals surface area contributed by atoms with Crippen LogP contribution in [0.3, 0.4) is 0 Å². The van der Waals surface area contributed by atoms with Gasteiger partial charge in [-0.3, -0.25) is 19.7 Å². The van der Waals surface area contributed by atoms with Crippen LogP contribution in [-0.4, -0.2) is 27.2 Å². The van der Waals surface area contributed by atoms with E-state index in [-0.39, 0.29) is 11.1 Å². The van der Waals surface area contributed by atoms with E-state index in [0.29, 0.717) is 11.3 Å². The van der Waals surface area contributed by atoms with Gasteiger partial charge in [0.15, 0.2) is 0 Å². The lowest BCUT2D eigenvalue weighted by Crippen LogP contribution is -2.31. The number of ketones is 2. The van der Waals surface area contributed by atoms with Crippen molar-refractivity contribution >= 4 is 23.4 Å². The zero-order valence-corrected chi connectivity index (χ0v) is 11.7. The summed E-state index contributed by atoms with van der Waals surface area (Å²) in [6.45, 7) is 3.64. The zero-order chi connectivity index (χ0) is 16.2. The van der Waals surface area contributed by atoms with Crippen LogP contribution in [0.15, 0.2) is 23.9 Å². The average Bonchev–Trinajstić information content (AvgIpc) is 2.42. The predicted octanol–water partition coefficient (Wildman–Crippen LogP) is 2.14. The molecule has 112 valence electrons. The van der Waals surface area contributed by atoms with E-state index in [4.69, 9.17) is 4.74 Å². The van der Waals surface area contributed by atoms with Crippen molar-refractivity contribution in [1.82, 2.24) is 0 Å². The number of allylic oxidation sites excluding steroid dienone is 1. The second-order valence-corrected chi connectivity index (χ2v) is 5.55. The minimum absolute atomic E-state index is 0.0389. The van der Waals surface area contributed by atoms with Crippen LogP contribution in [0, 0.1) is 10.1 Å². The van der Waals surface area contributed by atoms with Crippen molar-refractivity contribution in [1.29, 1.82) is 0 Å². The Kier molecular flexibility index (Phi) is 2.71. The summed E-state index contributed by atoms with van der Waals surface area (Å²) in [7, 11) is 0. The van der Waals surface area contributed by atoms with Crippen LogP contribution < -0.4 is 4.74 Å². The molecule has 7 nitrogen and oxygen atoms in total. The van der Waals surface area contributed by atoms with Gasteiger partial charge in [0.25, 0.3) is 0 Å². The lowest BCUT2D eigenvalue weighted by molar-refractivity contribution is -0.418. The summed E-state index contributed by atoms with van der Waals surface area (Å²) in [6, 6.07) is 2.85. The third-order valence-electron chi connectivity index (χ3n) is 3.54. The summed E-state index contributed by atoms with van der Waals surface area (Å²) in [5.74, 6) is -2.78. The molecule has 1 heterocycles. The van der Waals surface area contributed by atoms with Gasteiger partial charge >= 0.3 is 11.5 Å². The first kappa shape index (κ1) is 14.0. The number of benzene rings is 1. The first-order valence-corrected chi connectivity index (χ1v) is 6.45. The number of fused-ring (bicyclic) bond motifs is 3. The minimum Gasteiger partial charge on any atom is -0.502 e. The molecule has 0 unspecified atom stereocenters.